The van der Waals surface area contributed by atoms with Crippen LogP contribution >= 0.6 is 0 Å². The molecule has 18 heavy (non-hydrogen) atoms. The minimum Gasteiger partial charge on any atom is -0.459 e. The quantitative estimate of drug-likeness (QED) is 0.780. The number of nitrogens with one attached hydrogen (secondary N) is 2. The maximum atomic E-state index is 11.7. The third-order valence-electron chi connectivity index (χ3n) is 2.98. The van der Waals surface area contributed by atoms with Crippen LogP contribution in [-0.2, 0) is 4.79 Å². The van der Waals surface area contributed by atoms with Crippen molar-refractivity contribution < 1.29 is 14.0 Å². The molecule has 1 aliphatic heterocycles. The van der Waals surface area contributed by atoms with Gasteiger partial charge in [-0.15, -0.1) is 0 Å². The van der Waals surface area contributed by atoms with E-state index in [0.717, 1.165) is 19.6 Å². The molecular weight excluding hydrogens is 234 g/mol. The highest BCUT2D eigenvalue weighted by atomic mass is 16.3. The number of rotatable bonds is 3. The van der Waals surface area contributed by atoms with E-state index in [4.69, 9.17) is 4.42 Å². The number of carbonyl (C=O) groups is 2. The van der Waals surface area contributed by atoms with Crippen LogP contribution in [0.3, 0.4) is 0 Å². The van der Waals surface area contributed by atoms with Gasteiger partial charge in [-0.1, -0.05) is 0 Å². The molecule has 0 spiro atoms. The van der Waals surface area contributed by atoms with Crippen LogP contribution in [-0.4, -0.2) is 48.9 Å². The fraction of sp³-hybridized carbons (Fsp3) is 0.500. The minimum absolute atomic E-state index is 0.150. The van der Waals surface area contributed by atoms with E-state index in [-0.39, 0.29) is 18.2 Å². The Morgan fingerprint density at radius 3 is 3.11 bits per heavy atom. The zero-order valence-corrected chi connectivity index (χ0v) is 10.3. The zero-order chi connectivity index (χ0) is 13.0. The molecule has 6 nitrogen and oxygen atoms in total. The fourth-order valence-electron chi connectivity index (χ4n) is 1.94. The van der Waals surface area contributed by atoms with Crippen molar-refractivity contribution in [2.24, 2.45) is 0 Å². The van der Waals surface area contributed by atoms with Gasteiger partial charge < -0.3 is 9.73 Å². The van der Waals surface area contributed by atoms with Gasteiger partial charge in [0, 0.05) is 25.7 Å². The lowest BCUT2D eigenvalue weighted by molar-refractivity contribution is -0.122. The Hall–Kier alpha value is -1.66. The standard InChI is InChI=1S/C12H17N3O3/c1-9-7-13-4-5-15(9)8-11(16)14-12(17)10-3-2-6-18-10/h2-3,6,9,13H,4-5,7-8H2,1H3,(H,14,16,17). The van der Waals surface area contributed by atoms with Gasteiger partial charge in [0.05, 0.1) is 12.8 Å². The van der Waals surface area contributed by atoms with Crippen molar-refractivity contribution >= 4 is 11.8 Å². The summed E-state index contributed by atoms with van der Waals surface area (Å²) in [6, 6.07) is 3.43. The highest BCUT2D eigenvalue weighted by Gasteiger charge is 2.21. The fourth-order valence-corrected chi connectivity index (χ4v) is 1.94. The Morgan fingerprint density at radius 1 is 1.61 bits per heavy atom. The second-order valence-corrected chi connectivity index (χ2v) is 4.38. The monoisotopic (exact) mass is 251 g/mol. The molecule has 2 amide bonds. The summed E-state index contributed by atoms with van der Waals surface area (Å²) in [6.45, 7) is 4.82. The molecule has 0 radical (unpaired) electrons. The van der Waals surface area contributed by atoms with E-state index in [9.17, 15) is 9.59 Å². The normalized spacial score (nSPS) is 20.6. The van der Waals surface area contributed by atoms with Gasteiger partial charge >= 0.3 is 0 Å². The van der Waals surface area contributed by atoms with Crippen LogP contribution in [0.5, 0.6) is 0 Å². The largest absolute Gasteiger partial charge is 0.459 e. The summed E-state index contributed by atoms with van der Waals surface area (Å²) in [6.07, 6.45) is 1.40. The van der Waals surface area contributed by atoms with Gasteiger partial charge in [0.15, 0.2) is 5.76 Å². The van der Waals surface area contributed by atoms with Crippen LogP contribution in [0, 0.1) is 0 Å². The minimum atomic E-state index is -0.493. The van der Waals surface area contributed by atoms with Gasteiger partial charge in [-0.25, -0.2) is 0 Å². The summed E-state index contributed by atoms with van der Waals surface area (Å²) in [5, 5.41) is 5.56. The summed E-state index contributed by atoms with van der Waals surface area (Å²) in [4.78, 5) is 25.4. The average molecular weight is 251 g/mol. The van der Waals surface area contributed by atoms with E-state index in [1.165, 1.54) is 12.3 Å². The summed E-state index contributed by atoms with van der Waals surface area (Å²) >= 11 is 0. The number of nitrogens with zero attached hydrogens (tertiary/aromatic N) is 1. The SMILES string of the molecule is CC1CNCCN1CC(=O)NC(=O)c1ccco1. The van der Waals surface area contributed by atoms with Crippen molar-refractivity contribution in [1.82, 2.24) is 15.5 Å². The molecule has 1 saturated heterocycles. The molecule has 0 aliphatic carbocycles. The molecule has 2 N–H and O–H groups in total. The molecule has 1 atom stereocenters. The third-order valence-corrected chi connectivity index (χ3v) is 2.98. The van der Waals surface area contributed by atoms with Gasteiger partial charge in [-0.2, -0.15) is 0 Å². The molecule has 2 rings (SSSR count). The number of amides is 2. The molecule has 2 heterocycles. The summed E-state index contributed by atoms with van der Waals surface area (Å²) in [5.41, 5.74) is 0. The molecule has 0 bridgehead atoms. The van der Waals surface area contributed by atoms with Gasteiger partial charge in [-0.05, 0) is 19.1 Å². The first-order chi connectivity index (χ1) is 8.66. The highest BCUT2D eigenvalue weighted by Crippen LogP contribution is 2.02. The molecule has 98 valence electrons. The van der Waals surface area contributed by atoms with E-state index >= 15 is 0 Å². The molecule has 1 aromatic heterocycles. The van der Waals surface area contributed by atoms with Crippen LogP contribution in [0.4, 0.5) is 0 Å². The van der Waals surface area contributed by atoms with Crippen LogP contribution in [0.1, 0.15) is 17.5 Å². The molecule has 1 fully saturated rings. The van der Waals surface area contributed by atoms with Crippen LogP contribution < -0.4 is 10.6 Å². The molecule has 0 saturated carbocycles. The maximum absolute atomic E-state index is 11.7. The first-order valence-corrected chi connectivity index (χ1v) is 5.99. The number of hydrogen-bond donors (Lipinski definition) is 2. The molecule has 1 unspecified atom stereocenters. The topological polar surface area (TPSA) is 74.6 Å². The Bertz CT molecular complexity index is 416. The van der Waals surface area contributed by atoms with Gasteiger partial charge in [-0.3, -0.25) is 19.8 Å². The van der Waals surface area contributed by atoms with Crippen molar-refractivity contribution in [2.45, 2.75) is 13.0 Å². The van der Waals surface area contributed by atoms with Crippen molar-refractivity contribution in [3.63, 3.8) is 0 Å². The Kier molecular flexibility index (Phi) is 4.11. The zero-order valence-electron chi connectivity index (χ0n) is 10.3. The van der Waals surface area contributed by atoms with E-state index in [1.54, 1.807) is 6.07 Å². The second kappa shape index (κ2) is 5.79. The molecule has 1 aromatic rings. The highest BCUT2D eigenvalue weighted by molar-refractivity contribution is 6.03. The molecular formula is C12H17N3O3. The Labute approximate surface area is 105 Å². The molecule has 6 heteroatoms. The van der Waals surface area contributed by atoms with Crippen molar-refractivity contribution in [3.8, 4) is 0 Å². The van der Waals surface area contributed by atoms with Crippen LogP contribution in [0.2, 0.25) is 0 Å². The van der Waals surface area contributed by atoms with Gasteiger partial charge in [0.2, 0.25) is 5.91 Å². The van der Waals surface area contributed by atoms with Crippen LogP contribution in [0.25, 0.3) is 0 Å². The van der Waals surface area contributed by atoms with Crippen molar-refractivity contribution in [1.29, 1.82) is 0 Å². The lowest BCUT2D eigenvalue weighted by Gasteiger charge is -2.33. The van der Waals surface area contributed by atoms with Crippen molar-refractivity contribution in [2.75, 3.05) is 26.2 Å². The average Bonchev–Trinajstić information content (AvgIpc) is 2.85. The second-order valence-electron chi connectivity index (χ2n) is 4.38. The number of piperazine rings is 1. The summed E-state index contributed by atoms with van der Waals surface area (Å²) < 4.78 is 4.92. The molecule has 0 aromatic carbocycles. The summed E-state index contributed by atoms with van der Waals surface area (Å²) in [5.74, 6) is -0.644. The van der Waals surface area contributed by atoms with E-state index < -0.39 is 5.91 Å². The number of carbonyl (C=O) groups excluding carboxylic acids is 2. The maximum Gasteiger partial charge on any atom is 0.293 e. The van der Waals surface area contributed by atoms with E-state index in [2.05, 4.69) is 10.6 Å². The Morgan fingerprint density at radius 2 is 2.44 bits per heavy atom. The summed E-state index contributed by atoms with van der Waals surface area (Å²) in [7, 11) is 0. The lowest BCUT2D eigenvalue weighted by atomic mass is 10.2. The first-order valence-electron chi connectivity index (χ1n) is 5.99. The van der Waals surface area contributed by atoms with Gasteiger partial charge in [0.25, 0.3) is 5.91 Å². The molecule has 1 aliphatic rings. The smallest absolute Gasteiger partial charge is 0.293 e. The lowest BCUT2D eigenvalue weighted by Crippen LogP contribution is -2.53. The Balaban J connectivity index is 1.83. The van der Waals surface area contributed by atoms with Crippen molar-refractivity contribution in [3.05, 3.63) is 24.2 Å². The number of furan rings is 1. The van der Waals surface area contributed by atoms with E-state index in [1.807, 2.05) is 11.8 Å². The predicted molar refractivity (Wildman–Crippen MR) is 65.1 cm³/mol. The number of hydrogen-bond acceptors (Lipinski definition) is 5. The number of imide groups is 1. The van der Waals surface area contributed by atoms with Crippen LogP contribution in [0.15, 0.2) is 22.8 Å². The predicted octanol–water partition coefficient (Wildman–Crippen LogP) is -0.170. The third kappa shape index (κ3) is 3.18. The first kappa shape index (κ1) is 12.8. The van der Waals surface area contributed by atoms with E-state index in [0.29, 0.717) is 6.04 Å². The van der Waals surface area contributed by atoms with Gasteiger partial charge in [0.1, 0.15) is 0 Å².